The first kappa shape index (κ1) is 23.9. The van der Waals surface area contributed by atoms with Crippen molar-refractivity contribution in [1.82, 2.24) is 25.7 Å². The third-order valence-corrected chi connectivity index (χ3v) is 7.00. The number of carbonyl (C=O) groups excluding carboxylic acids is 1. The molecule has 0 radical (unpaired) electrons. The number of nitrogens with zero attached hydrogens (tertiary/aromatic N) is 2. The lowest BCUT2D eigenvalue weighted by atomic mass is 9.73. The van der Waals surface area contributed by atoms with Gasteiger partial charge in [0.1, 0.15) is 11.4 Å². The number of piperidine rings is 3. The first-order valence-electron chi connectivity index (χ1n) is 10.8. The van der Waals surface area contributed by atoms with Crippen molar-refractivity contribution < 1.29 is 9.90 Å². The van der Waals surface area contributed by atoms with Gasteiger partial charge < -0.3 is 15.7 Å². The molecule has 1 amide bonds. The molecule has 3 aliphatic rings. The number of hydrogen-bond donors (Lipinski definition) is 4. The summed E-state index contributed by atoms with van der Waals surface area (Å²) < 4.78 is 0. The van der Waals surface area contributed by atoms with E-state index in [0.717, 1.165) is 25.6 Å². The van der Waals surface area contributed by atoms with E-state index in [9.17, 15) is 9.90 Å². The van der Waals surface area contributed by atoms with E-state index >= 15 is 0 Å². The number of amides is 1. The van der Waals surface area contributed by atoms with Crippen molar-refractivity contribution >= 4 is 30.7 Å². The highest BCUT2D eigenvalue weighted by Gasteiger charge is 2.45. The van der Waals surface area contributed by atoms with Gasteiger partial charge in [0.15, 0.2) is 0 Å². The molecule has 3 saturated heterocycles. The Hall–Kier alpha value is -1.80. The summed E-state index contributed by atoms with van der Waals surface area (Å²) in [5.41, 5.74) is 1.61. The van der Waals surface area contributed by atoms with Crippen molar-refractivity contribution in [2.24, 2.45) is 11.8 Å². The fourth-order valence-corrected chi connectivity index (χ4v) is 5.61. The fraction of sp³-hybridized carbons (Fsp3) is 0.545. The van der Waals surface area contributed by atoms with Gasteiger partial charge in [-0.2, -0.15) is 5.10 Å². The predicted octanol–water partition coefficient (Wildman–Crippen LogP) is 2.82. The highest BCUT2D eigenvalue weighted by molar-refractivity contribution is 5.93. The lowest BCUT2D eigenvalue weighted by molar-refractivity contribution is -0.0371. The summed E-state index contributed by atoms with van der Waals surface area (Å²) in [4.78, 5) is 15.5. The molecule has 4 N–H and O–H groups in total. The summed E-state index contributed by atoms with van der Waals surface area (Å²) in [7, 11) is 0. The van der Waals surface area contributed by atoms with Gasteiger partial charge in [0.25, 0.3) is 5.91 Å². The number of phenolic OH excluding ortho intramolecular Hbond substituents is 1. The zero-order chi connectivity index (χ0) is 19.8. The van der Waals surface area contributed by atoms with Gasteiger partial charge in [-0.3, -0.25) is 14.8 Å². The van der Waals surface area contributed by atoms with E-state index in [-0.39, 0.29) is 36.5 Å². The van der Waals surface area contributed by atoms with Crippen LogP contribution in [0.2, 0.25) is 0 Å². The topological polar surface area (TPSA) is 93.3 Å². The van der Waals surface area contributed by atoms with E-state index in [0.29, 0.717) is 41.5 Å². The molecule has 1 aromatic carbocycles. The molecule has 31 heavy (non-hydrogen) atoms. The van der Waals surface area contributed by atoms with Crippen LogP contribution in [0.1, 0.15) is 36.2 Å². The molecule has 7 nitrogen and oxygen atoms in total. The van der Waals surface area contributed by atoms with Gasteiger partial charge in [-0.1, -0.05) is 18.6 Å². The standard InChI is InChI=1S/C22H29N5O2.2ClH/c28-21-7-2-1-5-16(21)17-10-18(26-25-17)22(29)24-13-20-15-9-14(11-23-12-15)19-6-3-4-8-27(19)20;;/h1-2,5,7,10,14-15,19-20,23,28H,3-4,6,8-9,11-13H2,(H,24,29)(H,25,26);2*1H/t14-,15+,19+,20+;;/m1../s1. The maximum absolute atomic E-state index is 12.8. The average Bonchev–Trinajstić information content (AvgIpc) is 3.24. The van der Waals surface area contributed by atoms with Crippen LogP contribution in [0.4, 0.5) is 0 Å². The second kappa shape index (κ2) is 10.2. The molecule has 0 unspecified atom stereocenters. The minimum Gasteiger partial charge on any atom is -0.507 e. The molecular formula is C22H31Cl2N5O2. The second-order valence-electron chi connectivity index (χ2n) is 8.68. The van der Waals surface area contributed by atoms with Crippen molar-refractivity contribution in [2.75, 3.05) is 26.2 Å². The average molecular weight is 468 g/mol. The van der Waals surface area contributed by atoms with Crippen molar-refractivity contribution in [3.05, 3.63) is 36.0 Å². The molecule has 4 heterocycles. The third kappa shape index (κ3) is 4.70. The van der Waals surface area contributed by atoms with Crippen molar-refractivity contribution in [3.63, 3.8) is 0 Å². The fourth-order valence-electron chi connectivity index (χ4n) is 5.61. The smallest absolute Gasteiger partial charge is 0.269 e. The first-order valence-corrected chi connectivity index (χ1v) is 10.8. The summed E-state index contributed by atoms with van der Waals surface area (Å²) in [5, 5.41) is 23.8. The Kier molecular flexibility index (Phi) is 7.86. The van der Waals surface area contributed by atoms with Gasteiger partial charge in [0.2, 0.25) is 0 Å². The van der Waals surface area contributed by atoms with Crippen molar-refractivity contribution in [3.8, 4) is 17.0 Å². The predicted molar refractivity (Wildman–Crippen MR) is 125 cm³/mol. The number of aromatic amines is 1. The van der Waals surface area contributed by atoms with Gasteiger partial charge in [0, 0.05) is 24.2 Å². The number of hydrogen-bond acceptors (Lipinski definition) is 5. The third-order valence-electron chi connectivity index (χ3n) is 7.00. The Balaban J connectivity index is 0.00000136. The highest BCUT2D eigenvalue weighted by Crippen LogP contribution is 2.38. The molecule has 5 rings (SSSR count). The number of carbonyl (C=O) groups is 1. The number of phenols is 1. The molecule has 3 fully saturated rings. The van der Waals surface area contributed by atoms with Crippen LogP contribution in [-0.4, -0.2) is 64.4 Å². The molecule has 2 bridgehead atoms. The number of fused-ring (bicyclic) bond motifs is 4. The van der Waals surface area contributed by atoms with E-state index in [1.54, 1.807) is 24.3 Å². The van der Waals surface area contributed by atoms with Crippen LogP contribution in [-0.2, 0) is 0 Å². The zero-order valence-electron chi connectivity index (χ0n) is 17.4. The number of rotatable bonds is 4. The Bertz CT molecular complexity index is 892. The van der Waals surface area contributed by atoms with Crippen LogP contribution in [0.5, 0.6) is 5.75 Å². The van der Waals surface area contributed by atoms with Crippen molar-refractivity contribution in [2.45, 2.75) is 37.8 Å². The van der Waals surface area contributed by atoms with Crippen LogP contribution in [0, 0.1) is 11.8 Å². The lowest BCUT2D eigenvalue weighted by Gasteiger charge is -2.55. The number of nitrogens with one attached hydrogen (secondary N) is 3. The minimum atomic E-state index is -0.140. The molecule has 0 aliphatic carbocycles. The number of halogens is 2. The first-order chi connectivity index (χ1) is 14.2. The van der Waals surface area contributed by atoms with Crippen molar-refractivity contribution in [1.29, 1.82) is 0 Å². The summed E-state index contributed by atoms with van der Waals surface area (Å²) in [6.45, 7) is 4.00. The van der Waals surface area contributed by atoms with Crippen LogP contribution >= 0.6 is 24.8 Å². The SMILES string of the molecule is Cl.Cl.O=C(NC[C@H]1[C@@H]2CNC[C@@H](C2)[C@@H]2CCCCN21)c1cc(-c2ccccc2O)n[nH]1. The molecule has 9 heteroatoms. The molecule has 170 valence electrons. The molecule has 2 aromatic rings. The Labute approximate surface area is 195 Å². The summed E-state index contributed by atoms with van der Waals surface area (Å²) in [5.74, 6) is 1.37. The molecular weight excluding hydrogens is 437 g/mol. The number of H-pyrrole nitrogens is 1. The quantitative estimate of drug-likeness (QED) is 0.554. The molecule has 1 aromatic heterocycles. The van der Waals surface area contributed by atoms with Crippen LogP contribution in [0.15, 0.2) is 30.3 Å². The summed E-state index contributed by atoms with van der Waals surface area (Å²) >= 11 is 0. The van der Waals surface area contributed by atoms with Gasteiger partial charge in [-0.05, 0) is 68.9 Å². The van der Waals surface area contributed by atoms with Gasteiger partial charge in [-0.15, -0.1) is 24.8 Å². The number of para-hydroxylation sites is 1. The van der Waals surface area contributed by atoms with E-state index in [2.05, 4.69) is 25.7 Å². The molecule has 0 saturated carbocycles. The molecule has 0 spiro atoms. The van der Waals surface area contributed by atoms with E-state index in [1.165, 1.54) is 25.7 Å². The highest BCUT2D eigenvalue weighted by atomic mass is 35.5. The van der Waals surface area contributed by atoms with E-state index in [4.69, 9.17) is 0 Å². The number of benzene rings is 1. The summed E-state index contributed by atoms with van der Waals surface area (Å²) in [6, 6.07) is 9.77. The Morgan fingerprint density at radius 1 is 1.19 bits per heavy atom. The second-order valence-corrected chi connectivity index (χ2v) is 8.68. The molecule has 4 atom stereocenters. The number of aromatic nitrogens is 2. The zero-order valence-corrected chi connectivity index (χ0v) is 19.1. The maximum Gasteiger partial charge on any atom is 0.269 e. The van der Waals surface area contributed by atoms with Crippen LogP contribution in [0.3, 0.4) is 0 Å². The van der Waals surface area contributed by atoms with Crippen LogP contribution in [0.25, 0.3) is 11.3 Å². The minimum absolute atomic E-state index is 0. The van der Waals surface area contributed by atoms with E-state index < -0.39 is 0 Å². The Morgan fingerprint density at radius 2 is 2.00 bits per heavy atom. The van der Waals surface area contributed by atoms with Gasteiger partial charge in [-0.25, -0.2) is 0 Å². The normalized spacial score (nSPS) is 27.4. The van der Waals surface area contributed by atoms with E-state index in [1.807, 2.05) is 6.07 Å². The van der Waals surface area contributed by atoms with Gasteiger partial charge >= 0.3 is 0 Å². The summed E-state index contributed by atoms with van der Waals surface area (Å²) in [6.07, 6.45) is 5.15. The lowest BCUT2D eigenvalue weighted by Crippen LogP contribution is -2.65. The molecule has 3 aliphatic heterocycles. The Morgan fingerprint density at radius 3 is 2.84 bits per heavy atom. The number of aromatic hydroxyl groups is 1. The van der Waals surface area contributed by atoms with Crippen LogP contribution < -0.4 is 10.6 Å². The van der Waals surface area contributed by atoms with Gasteiger partial charge in [0.05, 0.1) is 5.69 Å². The maximum atomic E-state index is 12.8. The monoisotopic (exact) mass is 467 g/mol. The largest absolute Gasteiger partial charge is 0.507 e.